The second-order valence-corrected chi connectivity index (χ2v) is 10.8. The summed E-state index contributed by atoms with van der Waals surface area (Å²) in [5, 5.41) is 19.6. The molecule has 3 aromatic carbocycles. The molecule has 1 unspecified atom stereocenters. The van der Waals surface area contributed by atoms with Gasteiger partial charge in [-0.25, -0.2) is 0 Å². The molecule has 0 spiro atoms. The summed E-state index contributed by atoms with van der Waals surface area (Å²) in [5.41, 5.74) is 4.17. The number of hydrogen-bond acceptors (Lipinski definition) is 5. The fourth-order valence-corrected chi connectivity index (χ4v) is 5.71. The third-order valence-electron chi connectivity index (χ3n) is 7.74. The smallest absolute Gasteiger partial charge is 0.323 e. The van der Waals surface area contributed by atoms with Crippen molar-refractivity contribution in [1.29, 1.82) is 0 Å². The molecule has 0 saturated heterocycles. The number of benzene rings is 3. The summed E-state index contributed by atoms with van der Waals surface area (Å²) in [6, 6.07) is 24.4. The van der Waals surface area contributed by atoms with Crippen molar-refractivity contribution < 1.29 is 34.1 Å². The number of rotatable bonds is 8. The molecule has 3 heterocycles. The predicted octanol–water partition coefficient (Wildman–Crippen LogP) is 6.22. The molecule has 0 bridgehead atoms. The number of fused-ring (bicyclic) bond motifs is 2. The summed E-state index contributed by atoms with van der Waals surface area (Å²) in [5.74, 6) is -1.92. The van der Waals surface area contributed by atoms with Gasteiger partial charge in [-0.1, -0.05) is 41.9 Å². The molecular formula is C34H29ClN2O7. The van der Waals surface area contributed by atoms with Gasteiger partial charge < -0.3 is 24.1 Å². The van der Waals surface area contributed by atoms with Gasteiger partial charge in [-0.15, -0.1) is 0 Å². The fraction of sp³-hybridized carbons (Fsp3) is 0.176. The normalized spacial score (nSPS) is 13.6. The number of nitrogens with zero attached hydrogens (tertiary/aromatic N) is 2. The Morgan fingerprint density at radius 3 is 2.20 bits per heavy atom. The first kappa shape index (κ1) is 30.3. The fourth-order valence-electron chi connectivity index (χ4n) is 5.58. The summed E-state index contributed by atoms with van der Waals surface area (Å²) in [6.07, 6.45) is 0.556. The monoisotopic (exact) mass is 612 g/mol. The van der Waals surface area contributed by atoms with E-state index < -0.39 is 17.9 Å². The lowest BCUT2D eigenvalue weighted by molar-refractivity contribution is -0.139. The van der Waals surface area contributed by atoms with Crippen molar-refractivity contribution in [3.63, 3.8) is 0 Å². The Hall–Kier alpha value is -5.15. The third-order valence-corrected chi connectivity index (χ3v) is 7.99. The van der Waals surface area contributed by atoms with Crippen LogP contribution < -0.4 is 4.74 Å². The van der Waals surface area contributed by atoms with Gasteiger partial charge in [0.25, 0.3) is 0 Å². The van der Waals surface area contributed by atoms with Crippen molar-refractivity contribution in [2.75, 3.05) is 7.11 Å². The molecule has 0 fully saturated rings. The van der Waals surface area contributed by atoms with E-state index in [1.807, 2.05) is 22.8 Å². The molecule has 2 N–H and O–H groups in total. The molecule has 224 valence electrons. The molecule has 1 aliphatic rings. The number of carbonyl (C=O) groups is 4. The average molecular weight is 613 g/mol. The van der Waals surface area contributed by atoms with Crippen LogP contribution in [-0.2, 0) is 22.7 Å². The van der Waals surface area contributed by atoms with Gasteiger partial charge in [-0.05, 0) is 61.9 Å². The maximum Gasteiger partial charge on any atom is 0.323 e. The first-order valence-corrected chi connectivity index (χ1v) is 14.2. The summed E-state index contributed by atoms with van der Waals surface area (Å²) >= 11 is 5.89. The SMILES string of the molecule is COc1ccc2c(C(=O)c3ccc(Cl)cc3)c(C)n(CC(=O)O)c2c1.O=C(c1ccccc1)c1ccc2n1CCC2C(=O)O. The zero-order valence-corrected chi connectivity index (χ0v) is 24.7. The van der Waals surface area contributed by atoms with E-state index in [9.17, 15) is 24.3 Å². The Bertz CT molecular complexity index is 1890. The number of carboxylic acid groups (broad SMARTS) is 2. The second kappa shape index (κ2) is 12.6. The number of hydrogen-bond donors (Lipinski definition) is 2. The number of carboxylic acids is 2. The molecule has 1 atom stereocenters. The summed E-state index contributed by atoms with van der Waals surface area (Å²) < 4.78 is 8.67. The quantitative estimate of drug-likeness (QED) is 0.199. The van der Waals surface area contributed by atoms with E-state index in [1.54, 1.807) is 78.2 Å². The Morgan fingerprint density at radius 2 is 1.57 bits per heavy atom. The van der Waals surface area contributed by atoms with Gasteiger partial charge in [0.15, 0.2) is 5.78 Å². The minimum absolute atomic E-state index is 0.0575. The minimum atomic E-state index is -0.978. The molecule has 0 radical (unpaired) electrons. The van der Waals surface area contributed by atoms with Crippen molar-refractivity contribution in [3.05, 3.63) is 124 Å². The number of aliphatic carboxylic acids is 2. The third kappa shape index (κ3) is 5.87. The first-order valence-electron chi connectivity index (χ1n) is 13.8. The molecular weight excluding hydrogens is 584 g/mol. The van der Waals surface area contributed by atoms with E-state index in [2.05, 4.69) is 0 Å². The summed E-state index contributed by atoms with van der Waals surface area (Å²) in [6.45, 7) is 2.11. The zero-order valence-electron chi connectivity index (χ0n) is 24.0. The van der Waals surface area contributed by atoms with Gasteiger partial charge in [0.05, 0.1) is 29.8 Å². The number of ketones is 2. The highest BCUT2D eigenvalue weighted by atomic mass is 35.5. The number of ether oxygens (including phenoxy) is 1. The number of halogens is 1. The molecule has 2 aromatic heterocycles. The Kier molecular flexibility index (Phi) is 8.69. The van der Waals surface area contributed by atoms with Gasteiger partial charge in [0.2, 0.25) is 5.78 Å². The lowest BCUT2D eigenvalue weighted by atomic mass is 10.0. The molecule has 1 aliphatic heterocycles. The summed E-state index contributed by atoms with van der Waals surface area (Å²) in [4.78, 5) is 47.8. The Balaban J connectivity index is 0.000000181. The van der Waals surface area contributed by atoms with Gasteiger partial charge in [-0.2, -0.15) is 0 Å². The van der Waals surface area contributed by atoms with Gasteiger partial charge >= 0.3 is 11.9 Å². The Labute approximate surface area is 257 Å². The van der Waals surface area contributed by atoms with Crippen LogP contribution in [0.2, 0.25) is 5.02 Å². The molecule has 9 nitrogen and oxygen atoms in total. The van der Waals surface area contributed by atoms with Crippen LogP contribution in [0.25, 0.3) is 10.9 Å². The lowest BCUT2D eigenvalue weighted by Crippen LogP contribution is -2.11. The highest BCUT2D eigenvalue weighted by molar-refractivity contribution is 6.30. The van der Waals surface area contributed by atoms with Crippen molar-refractivity contribution in [1.82, 2.24) is 9.13 Å². The largest absolute Gasteiger partial charge is 0.497 e. The van der Waals surface area contributed by atoms with Crippen LogP contribution in [0.4, 0.5) is 0 Å². The molecule has 10 heteroatoms. The van der Waals surface area contributed by atoms with Crippen molar-refractivity contribution in [3.8, 4) is 5.75 Å². The van der Waals surface area contributed by atoms with Crippen LogP contribution in [0.15, 0.2) is 84.9 Å². The topological polar surface area (TPSA) is 128 Å². The van der Waals surface area contributed by atoms with E-state index in [1.165, 1.54) is 7.11 Å². The standard InChI is InChI=1S/C19H16ClNO4.C15H13NO3/c1-11-18(19(24)12-3-5-13(20)6-4-12)15-8-7-14(25-2)9-16(15)21(11)10-17(22)23;17-14(10-4-2-1-3-5-10)13-7-6-12-11(15(18)19)8-9-16(12)13/h3-9H,10H2,1-2H3,(H,22,23);1-7,11H,8-9H2,(H,18,19). The van der Waals surface area contributed by atoms with Crippen LogP contribution in [0, 0.1) is 6.92 Å². The molecule has 6 rings (SSSR count). The summed E-state index contributed by atoms with van der Waals surface area (Å²) in [7, 11) is 1.54. The van der Waals surface area contributed by atoms with Crippen molar-refractivity contribution in [2.24, 2.45) is 0 Å². The van der Waals surface area contributed by atoms with E-state index in [-0.39, 0.29) is 18.1 Å². The number of methoxy groups -OCH3 is 1. The second-order valence-electron chi connectivity index (χ2n) is 10.3. The Morgan fingerprint density at radius 1 is 0.886 bits per heavy atom. The average Bonchev–Trinajstić information content (AvgIpc) is 3.70. The van der Waals surface area contributed by atoms with E-state index in [0.29, 0.717) is 62.7 Å². The molecule has 0 aliphatic carbocycles. The first-order chi connectivity index (χ1) is 21.1. The van der Waals surface area contributed by atoms with E-state index in [0.717, 1.165) is 5.69 Å². The van der Waals surface area contributed by atoms with Crippen LogP contribution in [0.1, 0.15) is 55.7 Å². The van der Waals surface area contributed by atoms with E-state index in [4.69, 9.17) is 21.4 Å². The van der Waals surface area contributed by atoms with Gasteiger partial charge in [0, 0.05) is 45.5 Å². The molecule has 44 heavy (non-hydrogen) atoms. The molecule has 0 saturated carbocycles. The minimum Gasteiger partial charge on any atom is -0.497 e. The van der Waals surface area contributed by atoms with Gasteiger partial charge in [-0.3, -0.25) is 19.2 Å². The maximum atomic E-state index is 13.0. The van der Waals surface area contributed by atoms with Crippen molar-refractivity contribution in [2.45, 2.75) is 32.4 Å². The van der Waals surface area contributed by atoms with Crippen LogP contribution in [0.3, 0.4) is 0 Å². The zero-order chi connectivity index (χ0) is 31.5. The number of aromatic nitrogens is 2. The maximum absolute atomic E-state index is 13.0. The highest BCUT2D eigenvalue weighted by Crippen LogP contribution is 2.32. The predicted molar refractivity (Wildman–Crippen MR) is 165 cm³/mol. The molecule has 0 amide bonds. The van der Waals surface area contributed by atoms with Gasteiger partial charge in [0.1, 0.15) is 12.3 Å². The van der Waals surface area contributed by atoms with Crippen LogP contribution in [0.5, 0.6) is 5.75 Å². The number of carbonyl (C=O) groups excluding carboxylic acids is 2. The van der Waals surface area contributed by atoms with Crippen LogP contribution in [-0.4, -0.2) is 50.0 Å². The molecule has 5 aromatic rings. The lowest BCUT2D eigenvalue weighted by Gasteiger charge is -2.06. The highest BCUT2D eigenvalue weighted by Gasteiger charge is 2.31. The van der Waals surface area contributed by atoms with Crippen molar-refractivity contribution >= 4 is 46.0 Å². The van der Waals surface area contributed by atoms with Crippen LogP contribution >= 0.6 is 11.6 Å². The van der Waals surface area contributed by atoms with E-state index >= 15 is 0 Å².